The lowest BCUT2D eigenvalue weighted by Gasteiger charge is -2.31. The van der Waals surface area contributed by atoms with Crippen molar-refractivity contribution in [1.29, 1.82) is 0 Å². The first-order valence-corrected chi connectivity index (χ1v) is 36.4. The van der Waals surface area contributed by atoms with E-state index in [9.17, 15) is 77.9 Å². The van der Waals surface area contributed by atoms with Gasteiger partial charge >= 0.3 is 11.7 Å². The molecule has 2 saturated heterocycles. The van der Waals surface area contributed by atoms with E-state index in [0.29, 0.717) is 36.9 Å². The molecule has 0 aliphatic carbocycles. The molecular weight excluding hydrogens is 1400 g/mol. The van der Waals surface area contributed by atoms with Gasteiger partial charge in [-0.05, 0) is 141 Å². The molecule has 0 unspecified atom stereocenters. The number of aromatic amines is 1. The molecule has 0 saturated carbocycles. The number of aliphatic carboxylic acids is 1. The Morgan fingerprint density at radius 3 is 1.74 bits per heavy atom. The molecule has 2 aromatic heterocycles. The summed E-state index contributed by atoms with van der Waals surface area (Å²) in [5.74, 6) is -11.4. The molecule has 12 amide bonds. The molecule has 10 atom stereocenters. The number of phenols is 1. The van der Waals surface area contributed by atoms with Gasteiger partial charge in [0.05, 0.1) is 23.2 Å². The van der Waals surface area contributed by atoms with E-state index in [1.165, 1.54) is 46.2 Å². The number of fused-ring (bicyclic) bond motifs is 2. The minimum absolute atomic E-state index is 0.00275. The third kappa shape index (κ3) is 24.4. The van der Waals surface area contributed by atoms with E-state index in [2.05, 4.69) is 63.1 Å². The summed E-state index contributed by atoms with van der Waals surface area (Å²) in [5, 5.41) is 64.0. The number of nitrogens with two attached hydrogens (primary N) is 3. The van der Waals surface area contributed by atoms with Crippen molar-refractivity contribution in [1.82, 2.24) is 67.6 Å². The number of nitrogens with zero attached hydrogens (tertiary/aromatic N) is 5. The number of hydrogen-bond acceptors (Lipinski definition) is 21. The van der Waals surface area contributed by atoms with Gasteiger partial charge in [-0.2, -0.15) is 0 Å². The predicted octanol–water partition coefficient (Wildman–Crippen LogP) is 1.10. The molecule has 2 aliphatic heterocycles. The molecule has 7 rings (SSSR count). The molecule has 2 aliphatic rings. The number of nitrogens with one attached hydrogen (secondary N) is 10. The van der Waals surface area contributed by atoms with Gasteiger partial charge in [0.1, 0.15) is 60.1 Å². The highest BCUT2D eigenvalue weighted by Gasteiger charge is 2.42. The number of phenolic OH excluding ortho intramolecular Hbond substituents is 1. The number of para-hydroxylation sites is 1. The number of non-ortho nitro benzene ring substituents is 1. The van der Waals surface area contributed by atoms with E-state index < -0.39 is 162 Å². The van der Waals surface area contributed by atoms with Gasteiger partial charge in [0.15, 0.2) is 5.52 Å². The van der Waals surface area contributed by atoms with Crippen LogP contribution in [0.4, 0.5) is 11.4 Å². The van der Waals surface area contributed by atoms with Crippen molar-refractivity contribution in [3.8, 4) is 5.75 Å². The third-order valence-corrected chi connectivity index (χ3v) is 18.8. The number of amides is 12. The average molecular weight is 1510 g/mol. The number of carboxylic acids is 1. The maximum Gasteiger partial charge on any atom is 0.326 e. The van der Waals surface area contributed by atoms with Crippen LogP contribution in [-0.2, 0) is 75.2 Å². The Bertz CT molecular complexity index is 4030. The Balaban J connectivity index is 1.04. The quantitative estimate of drug-likeness (QED) is 0.0148. The lowest BCUT2D eigenvalue weighted by molar-refractivity contribution is -0.383. The normalized spacial score (nSPS) is 16.4. The topological polar surface area (TPSA) is 553 Å². The number of H-pyrrole nitrogens is 1. The van der Waals surface area contributed by atoms with E-state index in [4.69, 9.17) is 21.8 Å². The number of rotatable bonds is 43. The fourth-order valence-electron chi connectivity index (χ4n) is 13.2. The Morgan fingerprint density at radius 2 is 1.15 bits per heavy atom. The first-order valence-electron chi connectivity index (χ1n) is 36.4. The maximum absolute atomic E-state index is 15.1. The molecule has 0 spiro atoms. The van der Waals surface area contributed by atoms with Gasteiger partial charge in [0.2, 0.25) is 76.4 Å². The van der Waals surface area contributed by atoms with Crippen LogP contribution in [-0.4, -0.2) is 204 Å². The summed E-state index contributed by atoms with van der Waals surface area (Å²) in [4.78, 5) is 196. The Labute approximate surface area is 622 Å². The molecule has 36 nitrogen and oxygen atoms in total. The number of carbonyl (C=O) groups is 13. The second-order valence-electron chi connectivity index (χ2n) is 28.1. The number of unbranched alkanes of at least 4 members (excludes halogenated alkanes) is 2. The number of likely N-dealkylation sites (tertiary alicyclic amines) is 2. The van der Waals surface area contributed by atoms with E-state index in [0.717, 1.165) is 16.5 Å². The van der Waals surface area contributed by atoms with E-state index in [1.807, 2.05) is 45.0 Å². The third-order valence-electron chi connectivity index (χ3n) is 18.8. The Kier molecular flexibility index (Phi) is 31.4. The lowest BCUT2D eigenvalue weighted by atomic mass is 9.99. The van der Waals surface area contributed by atoms with Crippen molar-refractivity contribution in [3.05, 3.63) is 88.1 Å². The number of benzene rings is 3. The van der Waals surface area contributed by atoms with E-state index >= 15 is 4.79 Å². The summed E-state index contributed by atoms with van der Waals surface area (Å²) >= 11 is 0. The average Bonchev–Trinajstić information content (AvgIpc) is 1.54. The number of carboxylic acid groups (broad SMARTS) is 1. The number of nitro benzene ring substituents is 1. The van der Waals surface area contributed by atoms with Crippen LogP contribution in [0.25, 0.3) is 21.9 Å². The molecule has 2 fully saturated rings. The van der Waals surface area contributed by atoms with Gasteiger partial charge in [-0.3, -0.25) is 67.6 Å². The summed E-state index contributed by atoms with van der Waals surface area (Å²) in [7, 11) is 0. The predicted molar refractivity (Wildman–Crippen MR) is 392 cm³/mol. The zero-order valence-electron chi connectivity index (χ0n) is 61.2. The summed E-state index contributed by atoms with van der Waals surface area (Å²) in [5.41, 5.74) is 19.6. The summed E-state index contributed by atoms with van der Waals surface area (Å²) < 4.78 is 4.80. The minimum atomic E-state index is -1.50. The highest BCUT2D eigenvalue weighted by Crippen LogP contribution is 2.30. The minimum Gasteiger partial charge on any atom is -0.508 e. The molecule has 36 heteroatoms. The zero-order valence-corrected chi connectivity index (χ0v) is 61.2. The zero-order chi connectivity index (χ0) is 78.9. The van der Waals surface area contributed by atoms with Crippen LogP contribution < -0.4 is 65.1 Å². The van der Waals surface area contributed by atoms with E-state index in [1.54, 1.807) is 20.0 Å². The number of nitro groups is 1. The second-order valence-corrected chi connectivity index (χ2v) is 28.1. The Morgan fingerprint density at radius 1 is 0.620 bits per heavy atom. The smallest absolute Gasteiger partial charge is 0.326 e. The number of aromatic nitrogens is 3. The van der Waals surface area contributed by atoms with Gasteiger partial charge < -0.3 is 90.0 Å². The van der Waals surface area contributed by atoms with E-state index in [-0.39, 0.29) is 131 Å². The second kappa shape index (κ2) is 40.4. The number of aromatic hydroxyl groups is 1. The van der Waals surface area contributed by atoms with Crippen LogP contribution in [0.1, 0.15) is 148 Å². The molecule has 586 valence electrons. The first-order chi connectivity index (χ1) is 51.4. The van der Waals surface area contributed by atoms with Gasteiger partial charge in [-0.25, -0.2) is 9.42 Å². The molecule has 18 N–H and O–H groups in total. The fraction of sp³-hybridized carbons (Fsp3) is 0.542. The maximum atomic E-state index is 15.1. The highest BCUT2D eigenvalue weighted by molar-refractivity contribution is 6.00. The van der Waals surface area contributed by atoms with Crippen molar-refractivity contribution in [2.45, 2.75) is 211 Å². The fourth-order valence-corrected chi connectivity index (χ4v) is 13.2. The van der Waals surface area contributed by atoms with Crippen molar-refractivity contribution < 1.29 is 82.1 Å². The number of hydrogen-bond donors (Lipinski definition) is 15. The molecule has 0 bridgehead atoms. The van der Waals surface area contributed by atoms with Crippen LogP contribution in [0.15, 0.2) is 71.5 Å². The molecule has 108 heavy (non-hydrogen) atoms. The molecule has 4 heterocycles. The highest BCUT2D eigenvalue weighted by atomic mass is 16.6. The van der Waals surface area contributed by atoms with Crippen LogP contribution in [0.2, 0.25) is 0 Å². The summed E-state index contributed by atoms with van der Waals surface area (Å²) in [6.07, 6.45) is 2.78. The molecular formula is C72H100N18O18. The number of anilines is 1. The largest absolute Gasteiger partial charge is 0.508 e. The van der Waals surface area contributed by atoms with Gasteiger partial charge in [0, 0.05) is 62.1 Å². The monoisotopic (exact) mass is 1500 g/mol. The first kappa shape index (κ1) is 83.9. The number of carbonyl (C=O) groups excluding carboxylic acids is 12. The van der Waals surface area contributed by atoms with Crippen molar-refractivity contribution in [2.24, 2.45) is 29.0 Å². The van der Waals surface area contributed by atoms with Crippen LogP contribution >= 0.6 is 0 Å². The lowest BCUT2D eigenvalue weighted by Crippen LogP contribution is -2.60. The summed E-state index contributed by atoms with van der Waals surface area (Å²) in [6, 6.07) is 2.76. The molecule has 5 aromatic rings. The van der Waals surface area contributed by atoms with Crippen LogP contribution in [0, 0.1) is 22.0 Å². The van der Waals surface area contributed by atoms with Gasteiger partial charge in [-0.1, -0.05) is 77.8 Å². The van der Waals surface area contributed by atoms with Crippen LogP contribution in [0.5, 0.6) is 5.75 Å². The summed E-state index contributed by atoms with van der Waals surface area (Å²) in [6.45, 7) is 8.48. The molecule has 3 aromatic carbocycles. The number of primary amides is 2. The van der Waals surface area contributed by atoms with Crippen molar-refractivity contribution >= 4 is 110 Å². The van der Waals surface area contributed by atoms with Gasteiger partial charge in [0.25, 0.3) is 0 Å². The van der Waals surface area contributed by atoms with Gasteiger partial charge in [-0.15, -0.1) is 0 Å². The van der Waals surface area contributed by atoms with Crippen molar-refractivity contribution in [3.63, 3.8) is 0 Å². The SMILES string of the molecule is CCCC[C@H](NC(=O)[C@@H]1CCCN1C(=O)[C@H](CCC(N)=O)NC(=O)CNC(=O)[C@@H]1CCCN1C(=O)[C@H](CCCCNc1ccc([N+](=O)[O-])c2nonc12)NC(=O)[C@H](CC(C)C)NC(=O)[C@H](CCC(N)=O)NC(=O)[C@H](CC(C)C)NC(=O)[C@@H](N)Cc1c[nH]c2ccccc12)C(=O)N[C@@H](Cc1ccc(O)cc1)C(=O)O. The van der Waals surface area contributed by atoms with Crippen molar-refractivity contribution in [2.75, 3.05) is 31.5 Å². The standard InChI is InChI=1S/C72H100N18O18/c1-6-7-15-48(64(96)85-54(72(104)105)35-41-20-22-43(91)23-21-41)81-69(101)57-19-13-32-89(57)71(103)51(26-29-59(75)93)79-60(94)38-78-68(100)56-18-12-31-88(56)70(102)50(17-10-11-30-76-47-24-27-55(90(106)107)62-61(47)86-108-87-62)82-67(99)53(34-40(4)5)84-65(97)49(25-28-58(74)92)80-66(98)52(33-39(2)3)83-63(95)45(73)36-42-37-77-46-16-9-8-14-44(42)46/h8-9,14,16,20-24,27,37,39-40,45,48-54,56-57,76-77,91H,6-7,10-13,15,17-19,25-26,28-36,38,73H2,1-5H3,(H2,74,92)(H2,75,93)(H,78,100)(H,79,94)(H,80,98)(H,81,101)(H,82,99)(H,83,95)(H,84,97)(H,85,96)(H,104,105)/t45-,48-,49-,50-,51-,52-,53-,54-,56-,57-/m0/s1. The molecule has 0 radical (unpaired) electrons. The Hall–Kier alpha value is -11.3. The van der Waals surface area contributed by atoms with Crippen LogP contribution in [0.3, 0.4) is 0 Å².